The molecule has 2 rings (SSSR count). The number of aromatic nitrogens is 1. The summed E-state index contributed by atoms with van der Waals surface area (Å²) in [5.41, 5.74) is 6.63. The van der Waals surface area contributed by atoms with Crippen LogP contribution in [0.2, 0.25) is 0 Å². The lowest BCUT2D eigenvalue weighted by molar-refractivity contribution is 0.578. The van der Waals surface area contributed by atoms with Crippen LogP contribution in [0.4, 0.5) is 5.82 Å². The van der Waals surface area contributed by atoms with Crippen LogP contribution >= 0.6 is 27.7 Å². The van der Waals surface area contributed by atoms with E-state index < -0.39 is 15.2 Å². The molecule has 20 heavy (non-hydrogen) atoms. The average molecular weight is 380 g/mol. The highest BCUT2D eigenvalue weighted by atomic mass is 79.9. The van der Waals surface area contributed by atoms with Gasteiger partial charge in [-0.2, -0.15) is 11.8 Å². The smallest absolute Gasteiger partial charge is 0.171 e. The van der Waals surface area contributed by atoms with Gasteiger partial charge < -0.3 is 10.6 Å². The van der Waals surface area contributed by atoms with Crippen LogP contribution in [0.1, 0.15) is 12.5 Å². The Balaban J connectivity index is 2.43. The zero-order valence-electron chi connectivity index (χ0n) is 11.3. The van der Waals surface area contributed by atoms with Crippen molar-refractivity contribution in [2.75, 3.05) is 28.7 Å². The minimum atomic E-state index is -3.14. The lowest BCUT2D eigenvalue weighted by Crippen LogP contribution is -2.48. The zero-order valence-corrected chi connectivity index (χ0v) is 14.5. The highest BCUT2D eigenvalue weighted by Gasteiger charge is 2.34. The van der Waals surface area contributed by atoms with Crippen LogP contribution in [0, 0.1) is 0 Å². The van der Waals surface area contributed by atoms with Crippen LogP contribution in [-0.4, -0.2) is 42.6 Å². The second-order valence-corrected chi connectivity index (χ2v) is 9.03. The maximum absolute atomic E-state index is 12.3. The van der Waals surface area contributed by atoms with Crippen molar-refractivity contribution in [1.29, 1.82) is 0 Å². The van der Waals surface area contributed by atoms with E-state index in [-0.39, 0.29) is 5.75 Å². The van der Waals surface area contributed by atoms with Gasteiger partial charge in [0.05, 0.1) is 0 Å². The standard InChI is InChI=1S/C12H18BrN3O2S2/c1-2-20(17,18)11-8-19-4-3-16(11)12-9(6-14)5-10(13)7-15-12/h5,7,11H,2-4,6,8,14H2,1H3. The first-order valence-electron chi connectivity index (χ1n) is 6.40. The number of hydrogen-bond donors (Lipinski definition) is 1. The van der Waals surface area contributed by atoms with E-state index in [2.05, 4.69) is 20.9 Å². The summed E-state index contributed by atoms with van der Waals surface area (Å²) in [4.78, 5) is 6.29. The molecular formula is C12H18BrN3O2S2. The summed E-state index contributed by atoms with van der Waals surface area (Å²) in [5.74, 6) is 2.32. The average Bonchev–Trinajstić information content (AvgIpc) is 2.47. The Morgan fingerprint density at radius 1 is 1.60 bits per heavy atom. The predicted octanol–water partition coefficient (Wildman–Crippen LogP) is 1.62. The fourth-order valence-electron chi connectivity index (χ4n) is 2.20. The molecule has 0 amide bonds. The van der Waals surface area contributed by atoms with E-state index in [4.69, 9.17) is 5.73 Å². The van der Waals surface area contributed by atoms with Gasteiger partial charge >= 0.3 is 0 Å². The molecule has 112 valence electrons. The quantitative estimate of drug-likeness (QED) is 0.856. The van der Waals surface area contributed by atoms with Gasteiger partial charge in [-0.3, -0.25) is 0 Å². The van der Waals surface area contributed by atoms with E-state index in [1.54, 1.807) is 24.9 Å². The van der Waals surface area contributed by atoms with Crippen molar-refractivity contribution in [2.45, 2.75) is 18.8 Å². The molecular weight excluding hydrogens is 362 g/mol. The molecule has 1 fully saturated rings. The van der Waals surface area contributed by atoms with Gasteiger partial charge in [-0.05, 0) is 22.0 Å². The minimum Gasteiger partial charge on any atom is -0.338 e. The van der Waals surface area contributed by atoms with Gasteiger partial charge in [0.25, 0.3) is 0 Å². The maximum atomic E-state index is 12.3. The fourth-order valence-corrected chi connectivity index (χ4v) is 5.54. The van der Waals surface area contributed by atoms with Crippen LogP contribution in [-0.2, 0) is 16.4 Å². The molecule has 1 aliphatic heterocycles. The molecule has 0 radical (unpaired) electrons. The fraction of sp³-hybridized carbons (Fsp3) is 0.583. The summed E-state index contributed by atoms with van der Waals surface area (Å²) in [5, 5.41) is -0.509. The molecule has 0 saturated carbocycles. The number of rotatable bonds is 4. The molecule has 5 nitrogen and oxygen atoms in total. The summed E-state index contributed by atoms with van der Waals surface area (Å²) >= 11 is 5.04. The first-order valence-corrected chi connectivity index (χ1v) is 10.1. The lowest BCUT2D eigenvalue weighted by Gasteiger charge is -2.36. The Morgan fingerprint density at radius 3 is 3.00 bits per heavy atom. The largest absolute Gasteiger partial charge is 0.338 e. The molecule has 2 N–H and O–H groups in total. The monoisotopic (exact) mass is 379 g/mol. The number of hydrogen-bond acceptors (Lipinski definition) is 6. The van der Waals surface area contributed by atoms with E-state index in [9.17, 15) is 8.42 Å². The molecule has 1 aromatic heterocycles. The summed E-state index contributed by atoms with van der Waals surface area (Å²) in [6.45, 7) is 2.70. The molecule has 0 aliphatic carbocycles. The van der Waals surface area contributed by atoms with Crippen molar-refractivity contribution < 1.29 is 8.42 Å². The Labute approximate surface area is 132 Å². The van der Waals surface area contributed by atoms with Gasteiger partial charge in [0, 0.05) is 46.6 Å². The Kier molecular flexibility index (Phi) is 5.33. The molecule has 0 bridgehead atoms. The van der Waals surface area contributed by atoms with Crippen LogP contribution in [0.3, 0.4) is 0 Å². The minimum absolute atomic E-state index is 0.142. The second kappa shape index (κ2) is 6.64. The number of halogens is 1. The molecule has 8 heteroatoms. The van der Waals surface area contributed by atoms with Crippen molar-refractivity contribution in [1.82, 2.24) is 4.98 Å². The number of nitrogens with two attached hydrogens (primary N) is 1. The topological polar surface area (TPSA) is 76.3 Å². The second-order valence-electron chi connectivity index (χ2n) is 4.51. The van der Waals surface area contributed by atoms with Crippen LogP contribution in [0.25, 0.3) is 0 Å². The maximum Gasteiger partial charge on any atom is 0.171 e. The summed E-state index contributed by atoms with van der Waals surface area (Å²) < 4.78 is 25.4. The molecule has 1 atom stereocenters. The lowest BCUT2D eigenvalue weighted by atomic mass is 10.2. The predicted molar refractivity (Wildman–Crippen MR) is 87.7 cm³/mol. The molecule has 1 saturated heterocycles. The van der Waals surface area contributed by atoms with E-state index in [1.165, 1.54) is 0 Å². The van der Waals surface area contributed by atoms with E-state index >= 15 is 0 Å². The number of nitrogens with zero attached hydrogens (tertiary/aromatic N) is 2. The SMILES string of the molecule is CCS(=O)(=O)C1CSCCN1c1ncc(Br)cc1CN. The first-order chi connectivity index (χ1) is 9.49. The first kappa shape index (κ1) is 16.1. The normalized spacial score (nSPS) is 20.1. The van der Waals surface area contributed by atoms with Crippen LogP contribution < -0.4 is 10.6 Å². The third-order valence-electron chi connectivity index (χ3n) is 3.30. The third kappa shape index (κ3) is 3.29. The van der Waals surface area contributed by atoms with Gasteiger partial charge in [-0.15, -0.1) is 0 Å². The Hall–Kier alpha value is -0.310. The molecule has 2 heterocycles. The van der Waals surface area contributed by atoms with Crippen molar-refractivity contribution in [2.24, 2.45) is 5.73 Å². The summed E-state index contributed by atoms with van der Waals surface area (Å²) in [6.07, 6.45) is 1.69. The summed E-state index contributed by atoms with van der Waals surface area (Å²) in [6, 6.07) is 1.90. The number of pyridine rings is 1. The van der Waals surface area contributed by atoms with E-state index in [0.717, 1.165) is 15.8 Å². The van der Waals surface area contributed by atoms with E-state index in [1.807, 2.05) is 11.0 Å². The van der Waals surface area contributed by atoms with Gasteiger partial charge in [-0.25, -0.2) is 13.4 Å². The van der Waals surface area contributed by atoms with E-state index in [0.29, 0.717) is 24.7 Å². The third-order valence-corrected chi connectivity index (χ3v) is 7.03. The number of thioether (sulfide) groups is 1. The molecule has 0 aromatic carbocycles. The molecule has 0 spiro atoms. The number of sulfone groups is 1. The molecule has 1 aromatic rings. The number of anilines is 1. The van der Waals surface area contributed by atoms with Gasteiger partial charge in [0.2, 0.25) is 0 Å². The molecule has 1 aliphatic rings. The van der Waals surface area contributed by atoms with Gasteiger partial charge in [0.15, 0.2) is 9.84 Å². The van der Waals surface area contributed by atoms with Crippen molar-refractivity contribution in [3.05, 3.63) is 22.3 Å². The Morgan fingerprint density at radius 2 is 2.35 bits per heavy atom. The zero-order chi connectivity index (χ0) is 14.8. The van der Waals surface area contributed by atoms with Crippen LogP contribution in [0.5, 0.6) is 0 Å². The van der Waals surface area contributed by atoms with Crippen molar-refractivity contribution in [3.63, 3.8) is 0 Å². The van der Waals surface area contributed by atoms with Gasteiger partial charge in [-0.1, -0.05) is 6.92 Å². The highest BCUT2D eigenvalue weighted by molar-refractivity contribution is 9.10. The van der Waals surface area contributed by atoms with Gasteiger partial charge in [0.1, 0.15) is 11.2 Å². The van der Waals surface area contributed by atoms with Crippen LogP contribution in [0.15, 0.2) is 16.7 Å². The highest BCUT2D eigenvalue weighted by Crippen LogP contribution is 2.29. The molecule has 1 unspecified atom stereocenters. The van der Waals surface area contributed by atoms with Crippen molar-refractivity contribution in [3.8, 4) is 0 Å². The summed E-state index contributed by atoms with van der Waals surface area (Å²) in [7, 11) is -3.14. The Bertz CT molecular complexity index is 580. The van der Waals surface area contributed by atoms with Crippen molar-refractivity contribution >= 4 is 43.3 Å².